The number of rotatable bonds is 8. The molecular formula is C13H22N4OS. The van der Waals surface area contributed by atoms with Crippen molar-refractivity contribution < 1.29 is 4.74 Å². The van der Waals surface area contributed by atoms with Gasteiger partial charge in [-0.25, -0.2) is 0 Å². The van der Waals surface area contributed by atoms with Gasteiger partial charge in [0.05, 0.1) is 31.2 Å². The van der Waals surface area contributed by atoms with Crippen molar-refractivity contribution in [2.45, 2.75) is 44.9 Å². The molecule has 19 heavy (non-hydrogen) atoms. The normalized spacial score (nSPS) is 18.3. The summed E-state index contributed by atoms with van der Waals surface area (Å²) in [5, 5.41) is 3.13. The van der Waals surface area contributed by atoms with Gasteiger partial charge in [0, 0.05) is 12.5 Å². The number of ether oxygens (including phenoxy) is 1. The molecule has 5 nitrogen and oxygen atoms in total. The highest BCUT2D eigenvalue weighted by atomic mass is 32.1. The van der Waals surface area contributed by atoms with E-state index < -0.39 is 0 Å². The smallest absolute Gasteiger partial charge is 0.249 e. The van der Waals surface area contributed by atoms with Crippen molar-refractivity contribution >= 4 is 18.1 Å². The molecule has 1 aliphatic rings. The van der Waals surface area contributed by atoms with E-state index in [1.54, 1.807) is 6.34 Å². The minimum Gasteiger partial charge on any atom is -0.476 e. The first-order valence-corrected chi connectivity index (χ1v) is 7.81. The zero-order valence-corrected chi connectivity index (χ0v) is 12.3. The molecule has 1 aliphatic heterocycles. The first-order valence-electron chi connectivity index (χ1n) is 7.08. The molecule has 1 unspecified atom stereocenters. The molecule has 1 atom stereocenters. The van der Waals surface area contributed by atoms with Gasteiger partial charge in [0.15, 0.2) is 0 Å². The molecule has 2 heterocycles. The lowest BCUT2D eigenvalue weighted by atomic mass is 10.1. The Hall–Kier alpha value is -1.17. The number of hydrogen-bond donors (Lipinski definition) is 1. The van der Waals surface area contributed by atoms with Gasteiger partial charge in [-0.05, 0) is 6.42 Å². The molecule has 0 spiro atoms. The van der Waals surface area contributed by atoms with Crippen molar-refractivity contribution in [1.29, 1.82) is 0 Å². The molecule has 106 valence electrons. The Bertz CT molecular complexity index is 394. The van der Waals surface area contributed by atoms with Crippen molar-refractivity contribution in [3.8, 4) is 5.88 Å². The van der Waals surface area contributed by atoms with Crippen molar-refractivity contribution in [1.82, 2.24) is 14.1 Å². The average Bonchev–Trinajstić information content (AvgIpc) is 2.92. The fourth-order valence-corrected chi connectivity index (χ4v) is 2.67. The largest absolute Gasteiger partial charge is 0.476 e. The number of aromatic nitrogens is 2. The van der Waals surface area contributed by atoms with Crippen LogP contribution in [0.2, 0.25) is 0 Å². The molecule has 0 aromatic carbocycles. The summed E-state index contributed by atoms with van der Waals surface area (Å²) in [5.41, 5.74) is 0.961. The van der Waals surface area contributed by atoms with Crippen molar-refractivity contribution in [3.05, 3.63) is 5.69 Å². The van der Waals surface area contributed by atoms with Gasteiger partial charge < -0.3 is 10.1 Å². The van der Waals surface area contributed by atoms with E-state index in [9.17, 15) is 0 Å². The third kappa shape index (κ3) is 4.45. The summed E-state index contributed by atoms with van der Waals surface area (Å²) < 4.78 is 14.4. The van der Waals surface area contributed by atoms with Crippen LogP contribution in [0.4, 0.5) is 0 Å². The lowest BCUT2D eigenvalue weighted by Gasteiger charge is -2.17. The Morgan fingerprint density at radius 2 is 2.21 bits per heavy atom. The lowest BCUT2D eigenvalue weighted by molar-refractivity contribution is 0.290. The lowest BCUT2D eigenvalue weighted by Crippen LogP contribution is -2.27. The quantitative estimate of drug-likeness (QED) is 0.745. The van der Waals surface area contributed by atoms with Crippen LogP contribution in [0.1, 0.15) is 50.6 Å². The molecule has 2 rings (SSSR count). The van der Waals surface area contributed by atoms with E-state index >= 15 is 0 Å². The average molecular weight is 282 g/mol. The molecule has 0 amide bonds. The standard InChI is InChI=1S/C13H22N4OS/c1-2-3-4-5-6-7-18-13-12(16-19-17-13)11-8-14-10-15-9-11/h10-11H,2-9H2,1H3,(H,14,15). The van der Waals surface area contributed by atoms with Gasteiger partial charge in [-0.1, -0.05) is 32.6 Å². The zero-order chi connectivity index (χ0) is 13.3. The summed E-state index contributed by atoms with van der Waals surface area (Å²) in [5.74, 6) is 1.00. The summed E-state index contributed by atoms with van der Waals surface area (Å²) in [6.07, 6.45) is 7.97. The molecule has 6 heteroatoms. The van der Waals surface area contributed by atoms with Gasteiger partial charge in [-0.3, -0.25) is 4.99 Å². The van der Waals surface area contributed by atoms with E-state index in [-0.39, 0.29) is 0 Å². The summed E-state index contributed by atoms with van der Waals surface area (Å²) in [4.78, 5) is 4.23. The highest BCUT2D eigenvalue weighted by Gasteiger charge is 2.21. The topological polar surface area (TPSA) is 59.4 Å². The van der Waals surface area contributed by atoms with Gasteiger partial charge in [0.2, 0.25) is 5.88 Å². The van der Waals surface area contributed by atoms with Crippen LogP contribution < -0.4 is 10.1 Å². The fourth-order valence-electron chi connectivity index (χ4n) is 2.10. The van der Waals surface area contributed by atoms with Gasteiger partial charge in [0.1, 0.15) is 5.69 Å². The van der Waals surface area contributed by atoms with Crippen molar-refractivity contribution in [3.63, 3.8) is 0 Å². The Kier molecular flexibility index (Phi) is 6.07. The van der Waals surface area contributed by atoms with Crippen molar-refractivity contribution in [2.24, 2.45) is 4.99 Å². The second-order valence-electron chi connectivity index (χ2n) is 4.82. The molecule has 1 aromatic heterocycles. The van der Waals surface area contributed by atoms with Crippen LogP contribution in [0.25, 0.3) is 0 Å². The summed E-state index contributed by atoms with van der Waals surface area (Å²) >= 11 is 1.23. The van der Waals surface area contributed by atoms with Crippen LogP contribution in [-0.2, 0) is 0 Å². The van der Waals surface area contributed by atoms with Crippen LogP contribution in [-0.4, -0.2) is 34.8 Å². The molecule has 0 radical (unpaired) electrons. The predicted molar refractivity (Wildman–Crippen MR) is 78.3 cm³/mol. The van der Waals surface area contributed by atoms with Crippen LogP contribution in [0.3, 0.4) is 0 Å². The van der Waals surface area contributed by atoms with Crippen LogP contribution >= 0.6 is 11.7 Å². The Balaban J connectivity index is 1.74. The Labute approximate surface area is 118 Å². The molecule has 0 saturated heterocycles. The monoisotopic (exact) mass is 282 g/mol. The van der Waals surface area contributed by atoms with Gasteiger partial charge in [0.25, 0.3) is 0 Å². The first-order chi connectivity index (χ1) is 9.42. The van der Waals surface area contributed by atoms with E-state index in [4.69, 9.17) is 4.74 Å². The molecule has 0 fully saturated rings. The minimum atomic E-state index is 0.291. The molecule has 1 N–H and O–H groups in total. The zero-order valence-electron chi connectivity index (χ0n) is 11.5. The highest BCUT2D eigenvalue weighted by molar-refractivity contribution is 6.99. The first kappa shape index (κ1) is 14.2. The molecule has 0 aliphatic carbocycles. The fraction of sp³-hybridized carbons (Fsp3) is 0.769. The van der Waals surface area contributed by atoms with E-state index in [0.717, 1.165) is 31.8 Å². The molecular weight excluding hydrogens is 260 g/mol. The van der Waals surface area contributed by atoms with Crippen LogP contribution in [0.15, 0.2) is 4.99 Å². The number of hydrogen-bond acceptors (Lipinski definition) is 6. The summed E-state index contributed by atoms with van der Waals surface area (Å²) in [6.45, 7) is 4.60. The maximum Gasteiger partial charge on any atom is 0.249 e. The van der Waals surface area contributed by atoms with Gasteiger partial charge >= 0.3 is 0 Å². The minimum absolute atomic E-state index is 0.291. The predicted octanol–water partition coefficient (Wildman–Crippen LogP) is 2.60. The second kappa shape index (κ2) is 8.09. The number of nitrogens with zero attached hydrogens (tertiary/aromatic N) is 3. The van der Waals surface area contributed by atoms with E-state index in [1.807, 2.05) is 0 Å². The highest BCUT2D eigenvalue weighted by Crippen LogP contribution is 2.25. The van der Waals surface area contributed by atoms with Gasteiger partial charge in [-0.15, -0.1) is 4.37 Å². The molecule has 0 bridgehead atoms. The number of nitrogens with one attached hydrogen (secondary N) is 1. The summed E-state index contributed by atoms with van der Waals surface area (Å²) in [7, 11) is 0. The molecule has 1 aromatic rings. The van der Waals surface area contributed by atoms with Gasteiger partial charge in [-0.2, -0.15) is 4.37 Å². The van der Waals surface area contributed by atoms with Crippen molar-refractivity contribution in [2.75, 3.05) is 19.7 Å². The van der Waals surface area contributed by atoms with Crippen LogP contribution in [0, 0.1) is 0 Å². The third-order valence-corrected chi connectivity index (χ3v) is 3.75. The van der Waals surface area contributed by atoms with E-state index in [1.165, 1.54) is 37.4 Å². The maximum absolute atomic E-state index is 5.77. The van der Waals surface area contributed by atoms with E-state index in [0.29, 0.717) is 11.8 Å². The Morgan fingerprint density at radius 1 is 1.32 bits per heavy atom. The third-order valence-electron chi connectivity index (χ3n) is 3.23. The SMILES string of the molecule is CCCCCCCOc1nsnc1C1CN=CNC1. The summed E-state index contributed by atoms with van der Waals surface area (Å²) in [6, 6.07) is 0. The maximum atomic E-state index is 5.77. The second-order valence-corrected chi connectivity index (χ2v) is 5.35. The molecule has 0 saturated carbocycles. The Morgan fingerprint density at radius 3 is 3.00 bits per heavy atom. The van der Waals surface area contributed by atoms with E-state index in [2.05, 4.69) is 26.0 Å². The number of aliphatic imine (C=N–C) groups is 1. The number of unbranched alkanes of at least 4 members (excludes halogenated alkanes) is 4. The van der Waals surface area contributed by atoms with Crippen LogP contribution in [0.5, 0.6) is 5.88 Å².